The zero-order valence-corrected chi connectivity index (χ0v) is 16.7. The second kappa shape index (κ2) is 8.46. The number of aromatic nitrogens is 4. The molecule has 0 aliphatic carbocycles. The van der Waals surface area contributed by atoms with Crippen LogP contribution in [0.1, 0.15) is 28.3 Å². The van der Waals surface area contributed by atoms with Gasteiger partial charge in [0.25, 0.3) is 0 Å². The molecule has 0 aliphatic heterocycles. The molecule has 6 nitrogen and oxygen atoms in total. The van der Waals surface area contributed by atoms with Crippen molar-refractivity contribution in [3.8, 4) is 0 Å². The van der Waals surface area contributed by atoms with Gasteiger partial charge in [-0.1, -0.05) is 12.1 Å². The quantitative estimate of drug-likeness (QED) is 0.671. The van der Waals surface area contributed by atoms with Crippen LogP contribution in [0.2, 0.25) is 0 Å². The molecule has 0 aliphatic rings. The minimum absolute atomic E-state index is 0.0147. The average molecular weight is 388 g/mol. The van der Waals surface area contributed by atoms with Gasteiger partial charge in [0.1, 0.15) is 0 Å². The lowest BCUT2D eigenvalue weighted by atomic mass is 10.2. The van der Waals surface area contributed by atoms with Crippen LogP contribution in [-0.4, -0.2) is 30.2 Å². The third-order valence-corrected chi connectivity index (χ3v) is 5.47. The second-order valence-electron chi connectivity index (χ2n) is 6.12. The summed E-state index contributed by atoms with van der Waals surface area (Å²) in [6.45, 7) is 6.66. The van der Waals surface area contributed by atoms with Crippen LogP contribution in [0.5, 0.6) is 0 Å². The lowest BCUT2D eigenvalue weighted by molar-refractivity contribution is -0.113. The van der Waals surface area contributed by atoms with Gasteiger partial charge in [-0.25, -0.2) is 0 Å². The van der Waals surface area contributed by atoms with Crippen LogP contribution in [0, 0.1) is 20.8 Å². The van der Waals surface area contributed by atoms with Crippen molar-refractivity contribution in [3.63, 3.8) is 0 Å². The van der Waals surface area contributed by atoms with Crippen LogP contribution < -0.4 is 5.32 Å². The molecule has 1 N–H and O–H groups in total. The fourth-order valence-electron chi connectivity index (χ4n) is 2.57. The van der Waals surface area contributed by atoms with E-state index >= 15 is 0 Å². The molecular weight excluding hydrogens is 366 g/mol. The van der Waals surface area contributed by atoms with Crippen molar-refractivity contribution in [2.75, 3.05) is 11.1 Å². The van der Waals surface area contributed by atoms with Crippen molar-refractivity contribution in [1.29, 1.82) is 0 Å². The maximum Gasteiger partial charge on any atom is 0.234 e. The zero-order chi connectivity index (χ0) is 18.5. The number of hydrogen-bond donors (Lipinski definition) is 1. The zero-order valence-electron chi connectivity index (χ0n) is 15.0. The maximum absolute atomic E-state index is 12.2. The Kier molecular flexibility index (Phi) is 6.05. The Morgan fingerprint density at radius 1 is 1.23 bits per heavy atom. The first kappa shape index (κ1) is 18.6. The molecule has 2 heterocycles. The third kappa shape index (κ3) is 4.92. The van der Waals surface area contributed by atoms with E-state index in [0.717, 1.165) is 34.0 Å². The highest BCUT2D eigenvalue weighted by molar-refractivity contribution is 7.99. The molecule has 0 atom stereocenters. The Balaban J connectivity index is 1.53. The van der Waals surface area contributed by atoms with Crippen LogP contribution in [0.4, 0.5) is 5.69 Å². The van der Waals surface area contributed by atoms with Crippen molar-refractivity contribution in [3.05, 3.63) is 58.7 Å². The maximum atomic E-state index is 12.2. The summed E-state index contributed by atoms with van der Waals surface area (Å²) in [6, 6.07) is 9.95. The molecule has 1 amide bonds. The van der Waals surface area contributed by atoms with Gasteiger partial charge in [0, 0.05) is 17.1 Å². The number of carbonyl (C=O) groups excluding carboxylic acids is 1. The first-order valence-electron chi connectivity index (χ1n) is 8.27. The fourth-order valence-corrected chi connectivity index (χ4v) is 4.05. The molecule has 26 heavy (non-hydrogen) atoms. The van der Waals surface area contributed by atoms with E-state index in [0.29, 0.717) is 18.1 Å². The predicted octanol–water partition coefficient (Wildman–Crippen LogP) is 3.58. The highest BCUT2D eigenvalue weighted by atomic mass is 32.2. The molecular formula is C18H21N5OS2. The van der Waals surface area contributed by atoms with Gasteiger partial charge in [0.05, 0.1) is 41.1 Å². The Hall–Kier alpha value is -2.19. The number of amides is 1. The van der Waals surface area contributed by atoms with Crippen molar-refractivity contribution in [1.82, 2.24) is 18.5 Å². The molecule has 0 radical (unpaired) electrons. The van der Waals surface area contributed by atoms with Gasteiger partial charge < -0.3 is 5.32 Å². The summed E-state index contributed by atoms with van der Waals surface area (Å²) in [5, 5.41) is 7.44. The molecule has 0 bridgehead atoms. The van der Waals surface area contributed by atoms with E-state index in [-0.39, 0.29) is 5.91 Å². The van der Waals surface area contributed by atoms with Crippen molar-refractivity contribution in [2.24, 2.45) is 0 Å². The monoisotopic (exact) mass is 387 g/mol. The highest BCUT2D eigenvalue weighted by Gasteiger charge is 2.08. The van der Waals surface area contributed by atoms with E-state index in [1.54, 1.807) is 11.8 Å². The van der Waals surface area contributed by atoms with Crippen molar-refractivity contribution >= 4 is 35.1 Å². The van der Waals surface area contributed by atoms with Crippen LogP contribution in [0.3, 0.4) is 0 Å². The van der Waals surface area contributed by atoms with E-state index in [4.69, 9.17) is 0 Å². The number of anilines is 1. The summed E-state index contributed by atoms with van der Waals surface area (Å²) >= 11 is 2.75. The lowest BCUT2D eigenvalue weighted by Gasteiger charge is -2.09. The van der Waals surface area contributed by atoms with Gasteiger partial charge in [0.2, 0.25) is 5.91 Å². The van der Waals surface area contributed by atoms with Crippen molar-refractivity contribution < 1.29 is 4.79 Å². The molecule has 3 rings (SSSR count). The minimum atomic E-state index is -0.0147. The number of rotatable bonds is 7. The average Bonchev–Trinajstić information content (AvgIpc) is 3.13. The molecule has 0 saturated carbocycles. The summed E-state index contributed by atoms with van der Waals surface area (Å²) < 4.78 is 10.3. The highest BCUT2D eigenvalue weighted by Crippen LogP contribution is 2.16. The number of nitrogens with zero attached hydrogens (tertiary/aromatic N) is 4. The topological polar surface area (TPSA) is 72.7 Å². The van der Waals surface area contributed by atoms with E-state index in [1.165, 1.54) is 11.7 Å². The Morgan fingerprint density at radius 2 is 2.08 bits per heavy atom. The molecule has 0 unspecified atom stereocenters. The Bertz CT molecular complexity index is 903. The number of carbonyl (C=O) groups is 1. The molecule has 0 saturated heterocycles. The smallest absolute Gasteiger partial charge is 0.234 e. The number of nitrogens with one attached hydrogen (secondary N) is 1. The summed E-state index contributed by atoms with van der Waals surface area (Å²) in [4.78, 5) is 12.2. The summed E-state index contributed by atoms with van der Waals surface area (Å²) in [7, 11) is 0. The number of thioether (sulfide) groups is 1. The molecule has 0 spiro atoms. The number of aryl methyl sites for hydroxylation is 3. The van der Waals surface area contributed by atoms with Gasteiger partial charge in [0.15, 0.2) is 0 Å². The molecule has 3 aromatic rings. The number of benzene rings is 1. The van der Waals surface area contributed by atoms with Gasteiger partial charge in [-0.2, -0.15) is 13.8 Å². The third-order valence-electron chi connectivity index (χ3n) is 3.86. The molecule has 0 fully saturated rings. The lowest BCUT2D eigenvalue weighted by Crippen LogP contribution is -2.14. The van der Waals surface area contributed by atoms with Crippen LogP contribution in [-0.2, 0) is 17.1 Å². The SMILES string of the molecule is Cc1cc(C)n(Cc2cccc(NC(=O)CSCc3nsnc3C)c2)n1. The van der Waals surface area contributed by atoms with Crippen molar-refractivity contribution in [2.45, 2.75) is 33.1 Å². The van der Waals surface area contributed by atoms with E-state index in [1.807, 2.05) is 49.7 Å². The van der Waals surface area contributed by atoms with E-state index < -0.39 is 0 Å². The van der Waals surface area contributed by atoms with E-state index in [2.05, 4.69) is 25.2 Å². The first-order valence-corrected chi connectivity index (χ1v) is 10.2. The standard InChI is InChI=1S/C18H21N5OS2/c1-12-7-13(2)23(20-12)9-15-5-4-6-16(8-15)19-18(24)11-25-10-17-14(3)21-26-22-17/h4-8H,9-11H2,1-3H3,(H,19,24). The molecule has 1 aromatic carbocycles. The first-order chi connectivity index (χ1) is 12.5. The van der Waals surface area contributed by atoms with Gasteiger partial charge in [-0.05, 0) is 44.5 Å². The molecule has 8 heteroatoms. The van der Waals surface area contributed by atoms with Gasteiger partial charge in [-0.3, -0.25) is 9.48 Å². The summed E-state index contributed by atoms with van der Waals surface area (Å²) in [5.41, 5.74) is 5.95. The van der Waals surface area contributed by atoms with E-state index in [9.17, 15) is 4.79 Å². The van der Waals surface area contributed by atoms with Gasteiger partial charge in [-0.15, -0.1) is 11.8 Å². The van der Waals surface area contributed by atoms with Crippen LogP contribution in [0.25, 0.3) is 0 Å². The Labute approximate surface area is 161 Å². The molecule has 136 valence electrons. The van der Waals surface area contributed by atoms with Gasteiger partial charge >= 0.3 is 0 Å². The van der Waals surface area contributed by atoms with Crippen LogP contribution in [0.15, 0.2) is 30.3 Å². The largest absolute Gasteiger partial charge is 0.325 e. The summed E-state index contributed by atoms with van der Waals surface area (Å²) in [6.07, 6.45) is 0. The summed E-state index contributed by atoms with van der Waals surface area (Å²) in [5.74, 6) is 1.07. The Morgan fingerprint density at radius 3 is 2.77 bits per heavy atom. The fraction of sp³-hybridized carbons (Fsp3) is 0.333. The normalized spacial score (nSPS) is 10.9. The minimum Gasteiger partial charge on any atom is -0.325 e. The number of hydrogen-bond acceptors (Lipinski definition) is 6. The van der Waals surface area contributed by atoms with Crippen LogP contribution >= 0.6 is 23.5 Å². The molecule has 2 aromatic heterocycles. The second-order valence-corrected chi connectivity index (χ2v) is 7.64. The predicted molar refractivity (Wildman–Crippen MR) is 107 cm³/mol.